The predicted molar refractivity (Wildman–Crippen MR) is 94.2 cm³/mol. The smallest absolute Gasteiger partial charge is 0.179 e. The second-order valence-electron chi connectivity index (χ2n) is 6.38. The first-order valence-corrected chi connectivity index (χ1v) is 8.61. The number of nitrogens with zero attached hydrogens (tertiary/aromatic N) is 7. The third-order valence-corrected chi connectivity index (χ3v) is 4.75. The van der Waals surface area contributed by atoms with Crippen molar-refractivity contribution in [2.24, 2.45) is 7.05 Å². The molecule has 0 spiro atoms. The molecule has 0 saturated carbocycles. The molecular weight excluding hydrogens is 332 g/mol. The molecule has 0 bridgehead atoms. The molecule has 0 atom stereocenters. The number of aryl methyl sites for hydroxylation is 1. The van der Waals surface area contributed by atoms with E-state index in [0.717, 1.165) is 54.6 Å². The van der Waals surface area contributed by atoms with Gasteiger partial charge in [-0.3, -0.25) is 5.10 Å². The third kappa shape index (κ3) is 2.39. The van der Waals surface area contributed by atoms with Gasteiger partial charge in [0.25, 0.3) is 0 Å². The van der Waals surface area contributed by atoms with Gasteiger partial charge < -0.3 is 13.9 Å². The molecule has 0 aliphatic carbocycles. The molecule has 1 aliphatic heterocycles. The third-order valence-electron chi connectivity index (χ3n) is 4.75. The van der Waals surface area contributed by atoms with Crippen molar-refractivity contribution < 1.29 is 4.74 Å². The molecule has 0 aromatic carbocycles. The number of ether oxygens (including phenoxy) is 1. The highest BCUT2D eigenvalue weighted by molar-refractivity contribution is 5.77. The van der Waals surface area contributed by atoms with Crippen molar-refractivity contribution in [3.8, 4) is 23.2 Å². The molecule has 1 fully saturated rings. The quantitative estimate of drug-likeness (QED) is 0.606. The van der Waals surface area contributed by atoms with E-state index < -0.39 is 0 Å². The second-order valence-corrected chi connectivity index (χ2v) is 6.38. The van der Waals surface area contributed by atoms with Gasteiger partial charge in [0.1, 0.15) is 11.2 Å². The number of imidazole rings is 2. The molecule has 1 aliphatic rings. The summed E-state index contributed by atoms with van der Waals surface area (Å²) < 4.78 is 9.71. The molecule has 4 aromatic heterocycles. The molecule has 9 heteroatoms. The Kier molecular flexibility index (Phi) is 3.52. The Morgan fingerprint density at radius 1 is 1.12 bits per heavy atom. The maximum atomic E-state index is 5.55. The van der Waals surface area contributed by atoms with Crippen LogP contribution in [-0.4, -0.2) is 52.5 Å². The number of fused-ring (bicyclic) bond motifs is 1. The Morgan fingerprint density at radius 2 is 2.00 bits per heavy atom. The number of rotatable bonds is 3. The lowest BCUT2D eigenvalue weighted by atomic mass is 10.1. The number of aromatic nitrogens is 8. The Balaban J connectivity index is 1.74. The van der Waals surface area contributed by atoms with Gasteiger partial charge in [-0.05, 0) is 18.9 Å². The molecular formula is C17H18N8O. The van der Waals surface area contributed by atoms with Crippen LogP contribution in [0.2, 0.25) is 0 Å². The Bertz CT molecular complexity index is 1040. The Hall–Kier alpha value is -3.07. The molecule has 26 heavy (non-hydrogen) atoms. The summed E-state index contributed by atoms with van der Waals surface area (Å²) in [7, 11) is 1.97. The van der Waals surface area contributed by atoms with Crippen LogP contribution in [0.25, 0.3) is 34.3 Å². The summed E-state index contributed by atoms with van der Waals surface area (Å²) in [5, 5.41) is 6.91. The van der Waals surface area contributed by atoms with Gasteiger partial charge in [0, 0.05) is 44.9 Å². The van der Waals surface area contributed by atoms with E-state index in [1.54, 1.807) is 18.6 Å². The molecule has 132 valence electrons. The summed E-state index contributed by atoms with van der Waals surface area (Å²) in [6, 6.07) is 2.13. The van der Waals surface area contributed by atoms with Gasteiger partial charge in [0.05, 0.1) is 6.20 Å². The Labute approximate surface area is 149 Å². The molecule has 5 heterocycles. The minimum atomic E-state index is 0.268. The van der Waals surface area contributed by atoms with Gasteiger partial charge in [0.2, 0.25) is 0 Å². The standard InChI is InChI=1S/C17H18N8O/c1-24-7-6-18-16(24)17-21-13-10-19-14(12-2-5-20-23-12)22-15(13)25(17)11-3-8-26-9-4-11/h2,5-7,10-11H,3-4,8-9H2,1H3,(H,20,23). The van der Waals surface area contributed by atoms with Gasteiger partial charge >= 0.3 is 0 Å². The maximum Gasteiger partial charge on any atom is 0.179 e. The van der Waals surface area contributed by atoms with Crippen molar-refractivity contribution >= 4 is 11.2 Å². The zero-order valence-electron chi connectivity index (χ0n) is 14.3. The van der Waals surface area contributed by atoms with Crippen molar-refractivity contribution in [2.45, 2.75) is 18.9 Å². The summed E-state index contributed by atoms with van der Waals surface area (Å²) >= 11 is 0. The van der Waals surface area contributed by atoms with Gasteiger partial charge in [0.15, 0.2) is 23.1 Å². The van der Waals surface area contributed by atoms with Gasteiger partial charge in [-0.2, -0.15) is 5.10 Å². The number of nitrogens with one attached hydrogen (secondary N) is 1. The molecule has 9 nitrogen and oxygen atoms in total. The Morgan fingerprint density at radius 3 is 2.73 bits per heavy atom. The van der Waals surface area contributed by atoms with Crippen LogP contribution in [0, 0.1) is 0 Å². The molecule has 1 saturated heterocycles. The number of hydrogen-bond donors (Lipinski definition) is 1. The summed E-state index contributed by atoms with van der Waals surface area (Å²) in [6.07, 6.45) is 9.01. The monoisotopic (exact) mass is 350 g/mol. The van der Waals surface area contributed by atoms with Crippen LogP contribution in [0.15, 0.2) is 30.9 Å². The highest BCUT2D eigenvalue weighted by Crippen LogP contribution is 2.31. The van der Waals surface area contributed by atoms with Gasteiger partial charge in [-0.25, -0.2) is 19.9 Å². The molecule has 5 rings (SSSR count). The molecule has 0 unspecified atom stereocenters. The highest BCUT2D eigenvalue weighted by Gasteiger charge is 2.25. The predicted octanol–water partition coefficient (Wildman–Crippen LogP) is 1.97. The van der Waals surface area contributed by atoms with Crippen LogP contribution in [0.3, 0.4) is 0 Å². The van der Waals surface area contributed by atoms with E-state index in [0.29, 0.717) is 5.82 Å². The first-order valence-electron chi connectivity index (χ1n) is 8.61. The molecule has 0 amide bonds. The lowest BCUT2D eigenvalue weighted by Crippen LogP contribution is -2.21. The SMILES string of the molecule is Cn1ccnc1-c1nc2cnc(-c3ccn[nH]3)nc2n1C1CCOCC1. The lowest BCUT2D eigenvalue weighted by Gasteiger charge is -2.25. The largest absolute Gasteiger partial charge is 0.381 e. The fourth-order valence-electron chi connectivity index (χ4n) is 3.43. The topological polar surface area (TPSA) is 99.3 Å². The average Bonchev–Trinajstić information content (AvgIpc) is 3.41. The summed E-state index contributed by atoms with van der Waals surface area (Å²) in [5.41, 5.74) is 2.36. The molecule has 0 radical (unpaired) electrons. The van der Waals surface area contributed by atoms with Crippen LogP contribution in [-0.2, 0) is 11.8 Å². The zero-order valence-corrected chi connectivity index (χ0v) is 14.3. The fraction of sp³-hybridized carbons (Fsp3) is 0.353. The van der Waals surface area contributed by atoms with Crippen molar-refractivity contribution in [3.63, 3.8) is 0 Å². The average molecular weight is 350 g/mol. The van der Waals surface area contributed by atoms with Gasteiger partial charge in [-0.15, -0.1) is 0 Å². The first kappa shape index (κ1) is 15.2. The maximum absolute atomic E-state index is 5.55. The van der Waals surface area contributed by atoms with E-state index in [1.165, 1.54) is 0 Å². The van der Waals surface area contributed by atoms with Crippen molar-refractivity contribution in [2.75, 3.05) is 13.2 Å². The van der Waals surface area contributed by atoms with Crippen molar-refractivity contribution in [3.05, 3.63) is 30.9 Å². The highest BCUT2D eigenvalue weighted by atomic mass is 16.5. The van der Waals surface area contributed by atoms with Crippen LogP contribution in [0.1, 0.15) is 18.9 Å². The number of hydrogen-bond acceptors (Lipinski definition) is 6. The first-order chi connectivity index (χ1) is 12.8. The number of H-pyrrole nitrogens is 1. The number of aromatic amines is 1. The van der Waals surface area contributed by atoms with E-state index >= 15 is 0 Å². The summed E-state index contributed by atoms with van der Waals surface area (Å²) in [6.45, 7) is 1.48. The van der Waals surface area contributed by atoms with Gasteiger partial charge in [-0.1, -0.05) is 0 Å². The van der Waals surface area contributed by atoms with Crippen LogP contribution in [0.4, 0.5) is 0 Å². The summed E-state index contributed by atoms with van der Waals surface area (Å²) in [5.74, 6) is 2.24. The van der Waals surface area contributed by atoms with E-state index in [4.69, 9.17) is 14.7 Å². The van der Waals surface area contributed by atoms with Crippen LogP contribution >= 0.6 is 0 Å². The van der Waals surface area contributed by atoms with E-state index in [9.17, 15) is 0 Å². The van der Waals surface area contributed by atoms with E-state index in [1.807, 2.05) is 23.9 Å². The van der Waals surface area contributed by atoms with Crippen LogP contribution < -0.4 is 0 Å². The van der Waals surface area contributed by atoms with Crippen molar-refractivity contribution in [1.29, 1.82) is 0 Å². The normalized spacial score (nSPS) is 15.7. The zero-order chi connectivity index (χ0) is 17.5. The lowest BCUT2D eigenvalue weighted by molar-refractivity contribution is 0.0708. The fourth-order valence-corrected chi connectivity index (χ4v) is 3.43. The minimum absolute atomic E-state index is 0.268. The van der Waals surface area contributed by atoms with E-state index in [2.05, 4.69) is 24.7 Å². The van der Waals surface area contributed by atoms with E-state index in [-0.39, 0.29) is 6.04 Å². The second kappa shape index (κ2) is 6.03. The molecule has 4 aromatic rings. The molecule has 1 N–H and O–H groups in total. The van der Waals surface area contributed by atoms with Crippen molar-refractivity contribution in [1.82, 2.24) is 39.3 Å². The minimum Gasteiger partial charge on any atom is -0.381 e. The summed E-state index contributed by atoms with van der Waals surface area (Å²) in [4.78, 5) is 18.5. The van der Waals surface area contributed by atoms with Crippen LogP contribution in [0.5, 0.6) is 0 Å².